The van der Waals surface area contributed by atoms with Crippen molar-refractivity contribution >= 4 is 6.16 Å². The molecular weight excluding hydrogens is 252 g/mol. The van der Waals surface area contributed by atoms with Gasteiger partial charge in [-0.15, -0.1) is 0 Å². The topological polar surface area (TPSA) is 35.5 Å². The molecule has 3 nitrogen and oxygen atoms in total. The van der Waals surface area contributed by atoms with E-state index in [0.717, 1.165) is 38.5 Å². The molecule has 2 rings (SSSR count). The van der Waals surface area contributed by atoms with Gasteiger partial charge in [-0.3, -0.25) is 0 Å². The highest BCUT2D eigenvalue weighted by Crippen LogP contribution is 2.20. The van der Waals surface area contributed by atoms with E-state index in [1.165, 1.54) is 12.8 Å². The van der Waals surface area contributed by atoms with Gasteiger partial charge in [0.2, 0.25) is 0 Å². The molecule has 0 heterocycles. The predicted molar refractivity (Wildman–Crippen MR) is 79.5 cm³/mol. The first-order valence-electron chi connectivity index (χ1n) is 7.94. The summed E-state index contributed by atoms with van der Waals surface area (Å²) in [4.78, 5) is 11.6. The number of rotatable bonds is 4. The van der Waals surface area contributed by atoms with Gasteiger partial charge in [-0.05, 0) is 63.2 Å². The van der Waals surface area contributed by atoms with E-state index in [1.54, 1.807) is 0 Å². The van der Waals surface area contributed by atoms with Gasteiger partial charge in [0.05, 0.1) is 13.2 Å². The third-order valence-electron chi connectivity index (χ3n) is 4.11. The Morgan fingerprint density at radius 1 is 0.850 bits per heavy atom. The number of ether oxygens (including phenoxy) is 2. The largest absolute Gasteiger partial charge is 0.508 e. The Morgan fingerprint density at radius 2 is 1.35 bits per heavy atom. The molecule has 2 unspecified atom stereocenters. The fraction of sp³-hybridized carbons (Fsp3) is 0.706. The van der Waals surface area contributed by atoms with Crippen molar-refractivity contribution < 1.29 is 14.3 Å². The van der Waals surface area contributed by atoms with Crippen LogP contribution in [0.4, 0.5) is 4.79 Å². The van der Waals surface area contributed by atoms with Gasteiger partial charge in [0.1, 0.15) is 0 Å². The second-order valence-corrected chi connectivity index (χ2v) is 5.88. The van der Waals surface area contributed by atoms with E-state index in [9.17, 15) is 4.79 Å². The molecule has 0 amide bonds. The molecule has 3 heteroatoms. The average Bonchev–Trinajstić information content (AvgIpc) is 2.87. The quantitative estimate of drug-likeness (QED) is 0.555. The second-order valence-electron chi connectivity index (χ2n) is 5.88. The molecule has 2 atom stereocenters. The molecule has 0 bridgehead atoms. The minimum Gasteiger partial charge on any atom is -0.434 e. The maximum atomic E-state index is 11.6. The molecule has 0 saturated heterocycles. The summed E-state index contributed by atoms with van der Waals surface area (Å²) in [6, 6.07) is 0. The van der Waals surface area contributed by atoms with Crippen LogP contribution in [-0.4, -0.2) is 19.4 Å². The van der Waals surface area contributed by atoms with Crippen molar-refractivity contribution in [3.05, 3.63) is 24.3 Å². The van der Waals surface area contributed by atoms with Crippen molar-refractivity contribution in [3.63, 3.8) is 0 Å². The number of carbonyl (C=O) groups excluding carboxylic acids is 1. The van der Waals surface area contributed by atoms with Crippen molar-refractivity contribution in [1.82, 2.24) is 0 Å². The van der Waals surface area contributed by atoms with E-state index < -0.39 is 6.16 Å². The first-order valence-corrected chi connectivity index (χ1v) is 7.94. The highest BCUT2D eigenvalue weighted by molar-refractivity contribution is 5.59. The lowest BCUT2D eigenvalue weighted by molar-refractivity contribution is 0.0332. The van der Waals surface area contributed by atoms with Crippen LogP contribution in [-0.2, 0) is 9.47 Å². The average molecular weight is 278 g/mol. The summed E-state index contributed by atoms with van der Waals surface area (Å²) < 4.78 is 10.5. The van der Waals surface area contributed by atoms with E-state index in [0.29, 0.717) is 25.0 Å². The highest BCUT2D eigenvalue weighted by Gasteiger charge is 2.15. The third-order valence-corrected chi connectivity index (χ3v) is 4.11. The summed E-state index contributed by atoms with van der Waals surface area (Å²) in [5.41, 5.74) is 0. The van der Waals surface area contributed by atoms with Gasteiger partial charge in [0, 0.05) is 0 Å². The molecule has 0 aromatic heterocycles. The maximum absolute atomic E-state index is 11.6. The Bertz CT molecular complexity index is 314. The molecule has 2 aliphatic carbocycles. The standard InChI is InChI=1S/C17H26O3/c18-17(19-13-15-9-5-1-2-6-10-15)20-14-16-11-7-3-4-8-12-16/h1,3,5,7,15-16H,2,4,6,8-14H2. The minimum absolute atomic E-state index is 0.460. The van der Waals surface area contributed by atoms with Crippen LogP contribution in [0.5, 0.6) is 0 Å². The molecular formula is C17H26O3. The van der Waals surface area contributed by atoms with E-state index in [1.807, 2.05) is 0 Å². The number of hydrogen-bond acceptors (Lipinski definition) is 3. The van der Waals surface area contributed by atoms with Crippen LogP contribution in [0.2, 0.25) is 0 Å². The zero-order valence-electron chi connectivity index (χ0n) is 12.3. The van der Waals surface area contributed by atoms with E-state index in [2.05, 4.69) is 24.3 Å². The Morgan fingerprint density at radius 3 is 1.85 bits per heavy atom. The molecule has 0 N–H and O–H groups in total. The monoisotopic (exact) mass is 278 g/mol. The van der Waals surface area contributed by atoms with Crippen LogP contribution < -0.4 is 0 Å². The van der Waals surface area contributed by atoms with Crippen LogP contribution in [0.1, 0.15) is 51.4 Å². The zero-order chi connectivity index (χ0) is 14.0. The summed E-state index contributed by atoms with van der Waals surface area (Å²) >= 11 is 0. The Hall–Kier alpha value is -1.25. The Labute approximate surface area is 122 Å². The lowest BCUT2D eigenvalue weighted by atomic mass is 10.0. The van der Waals surface area contributed by atoms with Gasteiger partial charge < -0.3 is 9.47 Å². The Kier molecular flexibility index (Phi) is 6.69. The van der Waals surface area contributed by atoms with Crippen LogP contribution in [0, 0.1) is 11.8 Å². The van der Waals surface area contributed by atoms with Crippen LogP contribution in [0.25, 0.3) is 0 Å². The summed E-state index contributed by atoms with van der Waals surface area (Å²) in [7, 11) is 0. The van der Waals surface area contributed by atoms with E-state index in [4.69, 9.17) is 9.47 Å². The fourth-order valence-corrected chi connectivity index (χ4v) is 2.81. The summed E-state index contributed by atoms with van der Waals surface area (Å²) in [6.45, 7) is 0.988. The van der Waals surface area contributed by atoms with Crippen molar-refractivity contribution in [2.75, 3.05) is 13.2 Å². The van der Waals surface area contributed by atoms with Crippen molar-refractivity contribution in [1.29, 1.82) is 0 Å². The lowest BCUT2D eigenvalue weighted by Gasteiger charge is -2.16. The maximum Gasteiger partial charge on any atom is 0.508 e. The van der Waals surface area contributed by atoms with Gasteiger partial charge in [-0.2, -0.15) is 0 Å². The van der Waals surface area contributed by atoms with Crippen LogP contribution in [0.3, 0.4) is 0 Å². The minimum atomic E-state index is -0.494. The predicted octanol–water partition coefficient (Wildman–Crippen LogP) is 4.63. The summed E-state index contributed by atoms with van der Waals surface area (Å²) in [6.07, 6.45) is 17.3. The third kappa shape index (κ3) is 5.81. The van der Waals surface area contributed by atoms with Gasteiger partial charge >= 0.3 is 6.16 Å². The van der Waals surface area contributed by atoms with Crippen molar-refractivity contribution in [2.24, 2.45) is 11.8 Å². The molecule has 0 spiro atoms. The molecule has 112 valence electrons. The van der Waals surface area contributed by atoms with Crippen LogP contribution >= 0.6 is 0 Å². The van der Waals surface area contributed by atoms with Gasteiger partial charge in [0.25, 0.3) is 0 Å². The number of hydrogen-bond donors (Lipinski definition) is 0. The molecule has 2 aliphatic rings. The smallest absolute Gasteiger partial charge is 0.434 e. The van der Waals surface area contributed by atoms with E-state index in [-0.39, 0.29) is 0 Å². The Balaban J connectivity index is 1.59. The van der Waals surface area contributed by atoms with Gasteiger partial charge in [-0.25, -0.2) is 4.79 Å². The molecule has 0 aromatic carbocycles. The zero-order valence-corrected chi connectivity index (χ0v) is 12.3. The van der Waals surface area contributed by atoms with Gasteiger partial charge in [-0.1, -0.05) is 24.3 Å². The second kappa shape index (κ2) is 8.83. The SMILES string of the molecule is O=C(OCC1CC=CCCC1)OCC1CC=CCCC1. The highest BCUT2D eigenvalue weighted by atomic mass is 16.7. The number of allylic oxidation sites excluding steroid dienone is 4. The normalized spacial score (nSPS) is 26.6. The van der Waals surface area contributed by atoms with Crippen molar-refractivity contribution in [2.45, 2.75) is 51.4 Å². The van der Waals surface area contributed by atoms with Crippen molar-refractivity contribution in [3.8, 4) is 0 Å². The van der Waals surface area contributed by atoms with E-state index >= 15 is 0 Å². The number of carbonyl (C=O) groups is 1. The molecule has 0 radical (unpaired) electrons. The fourth-order valence-electron chi connectivity index (χ4n) is 2.81. The molecule has 20 heavy (non-hydrogen) atoms. The summed E-state index contributed by atoms with van der Waals surface area (Å²) in [5, 5.41) is 0. The molecule has 0 aromatic rings. The lowest BCUT2D eigenvalue weighted by Crippen LogP contribution is -2.18. The van der Waals surface area contributed by atoms with Crippen LogP contribution in [0.15, 0.2) is 24.3 Å². The first kappa shape index (κ1) is 15.1. The molecule has 0 saturated carbocycles. The first-order chi connectivity index (χ1) is 9.84. The molecule has 0 aliphatic heterocycles. The summed E-state index contributed by atoms with van der Waals surface area (Å²) in [5.74, 6) is 0.921. The van der Waals surface area contributed by atoms with Gasteiger partial charge in [0.15, 0.2) is 0 Å². The molecule has 0 fully saturated rings.